The number of benzene rings is 1. The molecule has 3 rings (SSSR count). The Morgan fingerprint density at radius 2 is 2.47 bits per heavy atom. The maximum absolute atomic E-state index is 12.1. The summed E-state index contributed by atoms with van der Waals surface area (Å²) in [6.07, 6.45) is 2.40. The van der Waals surface area contributed by atoms with Gasteiger partial charge in [-0.1, -0.05) is 0 Å². The second-order valence-electron chi connectivity index (χ2n) is 4.96. The number of nitrogens with one attached hydrogen (secondary N) is 2. The van der Waals surface area contributed by atoms with E-state index in [1.54, 1.807) is 16.8 Å². The molecule has 1 aromatic carbocycles. The minimum absolute atomic E-state index is 0.0147. The number of carbonyl (C=O) groups excluding carboxylic acids is 1. The SMILES string of the molecule is O=C(NCC1CCCNC1)c1ccc2ncsc2c1. The average molecular weight is 275 g/mol. The molecule has 0 aliphatic carbocycles. The first-order valence-electron chi connectivity index (χ1n) is 6.65. The lowest BCUT2D eigenvalue weighted by Gasteiger charge is -2.22. The average Bonchev–Trinajstić information content (AvgIpc) is 2.93. The molecule has 1 aliphatic heterocycles. The maximum Gasteiger partial charge on any atom is 0.251 e. The third-order valence-corrected chi connectivity index (χ3v) is 4.34. The van der Waals surface area contributed by atoms with Crippen molar-refractivity contribution in [1.29, 1.82) is 0 Å². The molecule has 1 unspecified atom stereocenters. The summed E-state index contributed by atoms with van der Waals surface area (Å²) < 4.78 is 1.06. The number of carbonyl (C=O) groups is 1. The van der Waals surface area contributed by atoms with E-state index < -0.39 is 0 Å². The Morgan fingerprint density at radius 1 is 1.53 bits per heavy atom. The molecule has 1 amide bonds. The topological polar surface area (TPSA) is 54.0 Å². The Hall–Kier alpha value is -1.46. The number of nitrogens with zero attached hydrogens (tertiary/aromatic N) is 1. The number of fused-ring (bicyclic) bond motifs is 1. The number of hydrogen-bond acceptors (Lipinski definition) is 4. The quantitative estimate of drug-likeness (QED) is 0.901. The summed E-state index contributed by atoms with van der Waals surface area (Å²) in [5.41, 5.74) is 3.48. The molecule has 19 heavy (non-hydrogen) atoms. The van der Waals surface area contributed by atoms with Crippen LogP contribution in [0.1, 0.15) is 23.2 Å². The van der Waals surface area contributed by atoms with Crippen molar-refractivity contribution in [2.24, 2.45) is 5.92 Å². The molecule has 100 valence electrons. The molecule has 1 aromatic heterocycles. The fraction of sp³-hybridized carbons (Fsp3) is 0.429. The van der Waals surface area contributed by atoms with Crippen LogP contribution in [0, 0.1) is 5.92 Å². The van der Waals surface area contributed by atoms with Gasteiger partial charge in [0.2, 0.25) is 0 Å². The molecule has 2 aromatic rings. The predicted octanol–water partition coefficient (Wildman–Crippen LogP) is 2.03. The third-order valence-electron chi connectivity index (χ3n) is 3.54. The van der Waals surface area contributed by atoms with Gasteiger partial charge in [-0.3, -0.25) is 4.79 Å². The summed E-state index contributed by atoms with van der Waals surface area (Å²) in [6, 6.07) is 5.67. The van der Waals surface area contributed by atoms with Crippen molar-refractivity contribution >= 4 is 27.5 Å². The van der Waals surface area contributed by atoms with Gasteiger partial charge in [0.25, 0.3) is 5.91 Å². The first-order valence-corrected chi connectivity index (χ1v) is 7.53. The third kappa shape index (κ3) is 2.93. The molecule has 2 heterocycles. The van der Waals surface area contributed by atoms with Crippen LogP contribution in [0.3, 0.4) is 0 Å². The molecule has 2 N–H and O–H groups in total. The zero-order valence-corrected chi connectivity index (χ0v) is 11.5. The van der Waals surface area contributed by atoms with E-state index in [2.05, 4.69) is 15.6 Å². The number of amides is 1. The molecule has 0 radical (unpaired) electrons. The minimum Gasteiger partial charge on any atom is -0.352 e. The van der Waals surface area contributed by atoms with Crippen LogP contribution in [0.2, 0.25) is 0 Å². The lowest BCUT2D eigenvalue weighted by molar-refractivity contribution is 0.0945. The molecule has 0 spiro atoms. The highest BCUT2D eigenvalue weighted by molar-refractivity contribution is 7.16. The Morgan fingerprint density at radius 3 is 3.32 bits per heavy atom. The van der Waals surface area contributed by atoms with E-state index in [-0.39, 0.29) is 5.91 Å². The minimum atomic E-state index is 0.0147. The van der Waals surface area contributed by atoms with Gasteiger partial charge in [-0.2, -0.15) is 0 Å². The first kappa shape index (κ1) is 12.6. The van der Waals surface area contributed by atoms with Crippen LogP contribution in [0.4, 0.5) is 0 Å². The second-order valence-corrected chi connectivity index (χ2v) is 5.84. The van der Waals surface area contributed by atoms with Crippen LogP contribution in [0.5, 0.6) is 0 Å². The molecule has 0 bridgehead atoms. The van der Waals surface area contributed by atoms with E-state index in [4.69, 9.17) is 0 Å². The predicted molar refractivity (Wildman–Crippen MR) is 77.5 cm³/mol. The van der Waals surface area contributed by atoms with E-state index in [1.807, 2.05) is 18.2 Å². The molecule has 4 nitrogen and oxygen atoms in total. The van der Waals surface area contributed by atoms with Crippen LogP contribution >= 0.6 is 11.3 Å². The van der Waals surface area contributed by atoms with Crippen molar-refractivity contribution in [3.63, 3.8) is 0 Å². The number of hydrogen-bond donors (Lipinski definition) is 2. The smallest absolute Gasteiger partial charge is 0.251 e. The van der Waals surface area contributed by atoms with E-state index in [0.29, 0.717) is 5.92 Å². The summed E-state index contributed by atoms with van der Waals surface area (Å²) in [5.74, 6) is 0.575. The first-order chi connectivity index (χ1) is 9.33. The monoisotopic (exact) mass is 275 g/mol. The van der Waals surface area contributed by atoms with Crippen molar-refractivity contribution in [3.8, 4) is 0 Å². The van der Waals surface area contributed by atoms with Gasteiger partial charge in [0.15, 0.2) is 0 Å². The van der Waals surface area contributed by atoms with Crippen LogP contribution < -0.4 is 10.6 Å². The van der Waals surface area contributed by atoms with Crippen molar-refractivity contribution in [2.75, 3.05) is 19.6 Å². The van der Waals surface area contributed by atoms with Gasteiger partial charge >= 0.3 is 0 Å². The van der Waals surface area contributed by atoms with Gasteiger partial charge in [-0.05, 0) is 50.0 Å². The van der Waals surface area contributed by atoms with E-state index in [9.17, 15) is 4.79 Å². The highest BCUT2D eigenvalue weighted by Crippen LogP contribution is 2.19. The van der Waals surface area contributed by atoms with Crippen LogP contribution in [-0.2, 0) is 0 Å². The highest BCUT2D eigenvalue weighted by Gasteiger charge is 2.14. The van der Waals surface area contributed by atoms with Gasteiger partial charge in [0.1, 0.15) is 0 Å². The van der Waals surface area contributed by atoms with Gasteiger partial charge in [0.05, 0.1) is 15.7 Å². The van der Waals surface area contributed by atoms with Crippen LogP contribution in [0.15, 0.2) is 23.7 Å². The molecule has 1 fully saturated rings. The Bertz CT molecular complexity index is 575. The molecule has 5 heteroatoms. The molecular formula is C14H17N3OS. The fourth-order valence-corrected chi connectivity index (χ4v) is 3.15. The zero-order chi connectivity index (χ0) is 13.1. The van der Waals surface area contributed by atoms with Crippen molar-refractivity contribution in [1.82, 2.24) is 15.6 Å². The van der Waals surface area contributed by atoms with Gasteiger partial charge < -0.3 is 10.6 Å². The number of piperidine rings is 1. The van der Waals surface area contributed by atoms with Crippen molar-refractivity contribution in [3.05, 3.63) is 29.3 Å². The van der Waals surface area contributed by atoms with Crippen molar-refractivity contribution in [2.45, 2.75) is 12.8 Å². The highest BCUT2D eigenvalue weighted by atomic mass is 32.1. The Kier molecular flexibility index (Phi) is 3.75. The Labute approximate surface area is 116 Å². The van der Waals surface area contributed by atoms with Gasteiger partial charge in [0, 0.05) is 12.1 Å². The summed E-state index contributed by atoms with van der Waals surface area (Å²) in [7, 11) is 0. The largest absolute Gasteiger partial charge is 0.352 e. The van der Waals surface area contributed by atoms with Crippen LogP contribution in [0.25, 0.3) is 10.2 Å². The van der Waals surface area contributed by atoms with E-state index >= 15 is 0 Å². The number of rotatable bonds is 3. The zero-order valence-electron chi connectivity index (χ0n) is 10.7. The number of aromatic nitrogens is 1. The summed E-state index contributed by atoms with van der Waals surface area (Å²) in [5, 5.41) is 6.39. The van der Waals surface area contributed by atoms with E-state index in [0.717, 1.165) is 35.4 Å². The maximum atomic E-state index is 12.1. The normalized spacial score (nSPS) is 19.5. The summed E-state index contributed by atoms with van der Waals surface area (Å²) >= 11 is 1.56. The van der Waals surface area contributed by atoms with Crippen molar-refractivity contribution < 1.29 is 4.79 Å². The second kappa shape index (κ2) is 5.67. The molecule has 1 aliphatic rings. The molecule has 1 saturated heterocycles. The summed E-state index contributed by atoms with van der Waals surface area (Å²) in [4.78, 5) is 16.3. The molecule has 0 saturated carbocycles. The fourth-order valence-electron chi connectivity index (χ4n) is 2.43. The summed E-state index contributed by atoms with van der Waals surface area (Å²) in [6.45, 7) is 2.87. The lowest BCUT2D eigenvalue weighted by Crippen LogP contribution is -2.38. The standard InChI is InChI=1S/C14H17N3OS/c18-14(16-8-10-2-1-5-15-7-10)11-3-4-12-13(6-11)19-9-17-12/h3-4,6,9-10,15H,1-2,5,7-8H2,(H,16,18). The van der Waals surface area contributed by atoms with E-state index in [1.165, 1.54) is 12.8 Å². The van der Waals surface area contributed by atoms with Crippen LogP contribution in [-0.4, -0.2) is 30.5 Å². The lowest BCUT2D eigenvalue weighted by atomic mass is 9.99. The Balaban J connectivity index is 1.62. The molecule has 1 atom stereocenters. The van der Waals surface area contributed by atoms with Gasteiger partial charge in [-0.15, -0.1) is 11.3 Å². The molecular weight excluding hydrogens is 258 g/mol. The van der Waals surface area contributed by atoms with Gasteiger partial charge in [-0.25, -0.2) is 4.98 Å². The number of thiazole rings is 1.